The van der Waals surface area contributed by atoms with Crippen LogP contribution in [-0.2, 0) is 11.3 Å². The maximum Gasteiger partial charge on any atom is 0.319 e. The van der Waals surface area contributed by atoms with Crippen LogP contribution in [0.15, 0.2) is 12.4 Å². The van der Waals surface area contributed by atoms with E-state index in [0.717, 1.165) is 63.6 Å². The van der Waals surface area contributed by atoms with Crippen molar-refractivity contribution in [2.24, 2.45) is 0 Å². The lowest BCUT2D eigenvalue weighted by Crippen LogP contribution is -2.53. The minimum atomic E-state index is -2.52. The fraction of sp³-hybridized carbons (Fsp3) is 0.812. The molecule has 2 fully saturated rings. The Morgan fingerprint density at radius 1 is 1.08 bits per heavy atom. The number of piperazine rings is 1. The number of morpholine rings is 1. The first kappa shape index (κ1) is 17.7. The standard InChI is InChI=1S/C16H27F2N5O/c1-14(12-21-8-10-24-11-9-21)22-6-4-20(5-7-22)13-15-19-2-3-23(15)16(17)18/h2-3,14,16H,4-13H2,1H3/t14-/m0/s1. The summed E-state index contributed by atoms with van der Waals surface area (Å²) in [7, 11) is 0. The summed E-state index contributed by atoms with van der Waals surface area (Å²) in [6.07, 6.45) is 2.79. The smallest absolute Gasteiger partial charge is 0.319 e. The van der Waals surface area contributed by atoms with Crippen LogP contribution in [-0.4, -0.2) is 89.3 Å². The van der Waals surface area contributed by atoms with Crippen molar-refractivity contribution >= 4 is 0 Å². The van der Waals surface area contributed by atoms with Gasteiger partial charge in [-0.15, -0.1) is 0 Å². The van der Waals surface area contributed by atoms with Gasteiger partial charge >= 0.3 is 6.55 Å². The van der Waals surface area contributed by atoms with Gasteiger partial charge in [0.2, 0.25) is 0 Å². The van der Waals surface area contributed by atoms with Crippen LogP contribution in [0, 0.1) is 0 Å². The molecule has 136 valence electrons. The van der Waals surface area contributed by atoms with Crippen molar-refractivity contribution in [3.8, 4) is 0 Å². The zero-order chi connectivity index (χ0) is 16.9. The molecule has 0 radical (unpaired) electrons. The number of hydrogen-bond acceptors (Lipinski definition) is 5. The highest BCUT2D eigenvalue weighted by molar-refractivity contribution is 4.93. The lowest BCUT2D eigenvalue weighted by molar-refractivity contribution is 0.0163. The van der Waals surface area contributed by atoms with Gasteiger partial charge in [-0.2, -0.15) is 8.78 Å². The van der Waals surface area contributed by atoms with Gasteiger partial charge in [0.15, 0.2) is 0 Å². The Morgan fingerprint density at radius 2 is 1.79 bits per heavy atom. The van der Waals surface area contributed by atoms with Crippen LogP contribution >= 0.6 is 0 Å². The molecule has 2 aliphatic rings. The molecular formula is C16H27F2N5O. The van der Waals surface area contributed by atoms with Crippen LogP contribution in [0.5, 0.6) is 0 Å². The zero-order valence-electron chi connectivity index (χ0n) is 14.3. The van der Waals surface area contributed by atoms with Crippen molar-refractivity contribution in [1.82, 2.24) is 24.3 Å². The van der Waals surface area contributed by atoms with Crippen LogP contribution in [0.3, 0.4) is 0 Å². The number of aromatic nitrogens is 2. The van der Waals surface area contributed by atoms with E-state index in [0.29, 0.717) is 18.4 Å². The summed E-state index contributed by atoms with van der Waals surface area (Å²) in [5.41, 5.74) is 0. The summed E-state index contributed by atoms with van der Waals surface area (Å²) in [5.74, 6) is 0.444. The SMILES string of the molecule is C[C@@H](CN1CCOCC1)N1CCN(Cc2nccn2C(F)F)CC1. The second-order valence-electron chi connectivity index (χ2n) is 6.60. The predicted molar refractivity (Wildman–Crippen MR) is 87.1 cm³/mol. The Kier molecular flexibility index (Phi) is 6.15. The quantitative estimate of drug-likeness (QED) is 0.774. The summed E-state index contributed by atoms with van der Waals surface area (Å²) in [6.45, 7) is 8.74. The molecule has 2 aliphatic heterocycles. The minimum absolute atomic E-state index is 0.444. The second-order valence-corrected chi connectivity index (χ2v) is 6.60. The molecule has 0 bridgehead atoms. The van der Waals surface area contributed by atoms with Gasteiger partial charge in [-0.25, -0.2) is 4.98 Å². The molecule has 0 unspecified atom stereocenters. The number of alkyl halides is 2. The Bertz CT molecular complexity index is 498. The van der Waals surface area contributed by atoms with Crippen molar-refractivity contribution in [1.29, 1.82) is 0 Å². The van der Waals surface area contributed by atoms with Gasteiger partial charge in [-0.1, -0.05) is 0 Å². The van der Waals surface area contributed by atoms with Crippen LogP contribution in [0.2, 0.25) is 0 Å². The number of hydrogen-bond donors (Lipinski definition) is 0. The summed E-state index contributed by atoms with van der Waals surface area (Å²) < 4.78 is 32.1. The van der Waals surface area contributed by atoms with Crippen molar-refractivity contribution in [3.63, 3.8) is 0 Å². The Hall–Kier alpha value is -1.09. The number of nitrogens with zero attached hydrogens (tertiary/aromatic N) is 5. The van der Waals surface area contributed by atoms with Gasteiger partial charge in [-0.05, 0) is 6.92 Å². The van der Waals surface area contributed by atoms with Gasteiger partial charge < -0.3 is 4.74 Å². The zero-order valence-corrected chi connectivity index (χ0v) is 14.3. The average Bonchev–Trinajstić information content (AvgIpc) is 3.05. The van der Waals surface area contributed by atoms with E-state index in [9.17, 15) is 8.78 Å². The van der Waals surface area contributed by atoms with Gasteiger partial charge in [0, 0.05) is 64.2 Å². The third kappa shape index (κ3) is 4.50. The second kappa shape index (κ2) is 8.33. The predicted octanol–water partition coefficient (Wildman–Crippen LogP) is 1.12. The normalized spacial score (nSPS) is 23.0. The molecule has 0 N–H and O–H groups in total. The summed E-state index contributed by atoms with van der Waals surface area (Å²) in [5, 5.41) is 0. The topological polar surface area (TPSA) is 36.8 Å². The first-order valence-electron chi connectivity index (χ1n) is 8.70. The molecule has 3 heterocycles. The third-order valence-electron chi connectivity index (χ3n) is 4.98. The van der Waals surface area contributed by atoms with E-state index in [1.54, 1.807) is 0 Å². The molecule has 0 amide bonds. The number of imidazole rings is 1. The lowest BCUT2D eigenvalue weighted by atomic mass is 10.2. The molecule has 0 saturated carbocycles. The first-order chi connectivity index (χ1) is 11.6. The molecule has 2 saturated heterocycles. The van der Waals surface area contributed by atoms with E-state index in [1.165, 1.54) is 12.4 Å². The molecule has 24 heavy (non-hydrogen) atoms. The van der Waals surface area contributed by atoms with Crippen molar-refractivity contribution in [2.75, 3.05) is 59.0 Å². The maximum atomic E-state index is 12.9. The van der Waals surface area contributed by atoms with Gasteiger partial charge in [-0.3, -0.25) is 19.3 Å². The Balaban J connectivity index is 1.44. The molecule has 3 rings (SSSR count). The average molecular weight is 343 g/mol. The van der Waals surface area contributed by atoms with Gasteiger partial charge in [0.25, 0.3) is 0 Å². The molecule has 0 spiro atoms. The minimum Gasteiger partial charge on any atom is -0.379 e. The molecule has 0 aliphatic carbocycles. The summed E-state index contributed by atoms with van der Waals surface area (Å²) in [4.78, 5) is 11.2. The van der Waals surface area contributed by atoms with Crippen LogP contribution in [0.1, 0.15) is 19.3 Å². The van der Waals surface area contributed by atoms with Gasteiger partial charge in [0.05, 0.1) is 19.8 Å². The highest BCUT2D eigenvalue weighted by atomic mass is 19.3. The highest BCUT2D eigenvalue weighted by Gasteiger charge is 2.24. The Labute approximate surface area is 142 Å². The van der Waals surface area contributed by atoms with Crippen molar-refractivity contribution in [2.45, 2.75) is 26.1 Å². The van der Waals surface area contributed by atoms with Crippen LogP contribution < -0.4 is 0 Å². The summed E-state index contributed by atoms with van der Waals surface area (Å²) >= 11 is 0. The van der Waals surface area contributed by atoms with Crippen molar-refractivity contribution < 1.29 is 13.5 Å². The van der Waals surface area contributed by atoms with Crippen LogP contribution in [0.4, 0.5) is 8.78 Å². The fourth-order valence-corrected chi connectivity index (χ4v) is 3.48. The first-order valence-corrected chi connectivity index (χ1v) is 8.70. The van der Waals surface area contributed by atoms with Crippen LogP contribution in [0.25, 0.3) is 0 Å². The van der Waals surface area contributed by atoms with E-state index in [1.807, 2.05) is 0 Å². The van der Waals surface area contributed by atoms with Crippen molar-refractivity contribution in [3.05, 3.63) is 18.2 Å². The Morgan fingerprint density at radius 3 is 2.46 bits per heavy atom. The van der Waals surface area contributed by atoms with E-state index >= 15 is 0 Å². The molecule has 1 aromatic heterocycles. The van der Waals surface area contributed by atoms with E-state index in [2.05, 4.69) is 26.6 Å². The molecule has 0 aromatic carbocycles. The maximum absolute atomic E-state index is 12.9. The largest absolute Gasteiger partial charge is 0.379 e. The number of halogens is 2. The fourth-order valence-electron chi connectivity index (χ4n) is 3.48. The summed E-state index contributed by atoms with van der Waals surface area (Å²) in [6, 6.07) is 0.508. The van der Waals surface area contributed by atoms with Gasteiger partial charge in [0.1, 0.15) is 5.82 Å². The van der Waals surface area contributed by atoms with E-state index in [-0.39, 0.29) is 0 Å². The molecule has 8 heteroatoms. The monoisotopic (exact) mass is 343 g/mol. The van der Waals surface area contributed by atoms with E-state index < -0.39 is 6.55 Å². The number of ether oxygens (including phenoxy) is 1. The third-order valence-corrected chi connectivity index (χ3v) is 4.98. The molecular weight excluding hydrogens is 316 g/mol. The highest BCUT2D eigenvalue weighted by Crippen LogP contribution is 2.16. The molecule has 1 atom stereocenters. The molecule has 6 nitrogen and oxygen atoms in total. The lowest BCUT2D eigenvalue weighted by Gasteiger charge is -2.40. The van der Waals surface area contributed by atoms with E-state index in [4.69, 9.17) is 4.74 Å². The molecule has 1 aromatic rings. The number of rotatable bonds is 6.